The molecule has 3 N–H and O–H groups in total. The van der Waals surface area contributed by atoms with Crippen molar-refractivity contribution >= 4 is 29.9 Å². The van der Waals surface area contributed by atoms with Crippen molar-refractivity contribution in [3.63, 3.8) is 0 Å². The van der Waals surface area contributed by atoms with Gasteiger partial charge in [-0.05, 0) is 44.4 Å². The van der Waals surface area contributed by atoms with Crippen molar-refractivity contribution in [2.75, 3.05) is 19.7 Å². The van der Waals surface area contributed by atoms with E-state index in [-0.39, 0.29) is 36.0 Å². The third-order valence-corrected chi connectivity index (χ3v) is 4.75. The summed E-state index contributed by atoms with van der Waals surface area (Å²) < 4.78 is 0. The summed E-state index contributed by atoms with van der Waals surface area (Å²) in [6.07, 6.45) is 8.14. The Kier molecular flexibility index (Phi) is 11.5. The summed E-state index contributed by atoms with van der Waals surface area (Å²) in [5, 5.41) is 16.2. The summed E-state index contributed by atoms with van der Waals surface area (Å²) in [6, 6.07) is 0.586. The van der Waals surface area contributed by atoms with Crippen molar-refractivity contribution in [1.82, 2.24) is 10.6 Å². The first kappa shape index (κ1) is 21.0. The minimum absolute atomic E-state index is 0. The Balaban J connectivity index is 0.00000400. The molecule has 4 nitrogen and oxygen atoms in total. The van der Waals surface area contributed by atoms with E-state index < -0.39 is 0 Å². The van der Waals surface area contributed by atoms with Crippen LogP contribution in [0.15, 0.2) is 4.99 Å². The van der Waals surface area contributed by atoms with E-state index in [2.05, 4.69) is 31.4 Å². The van der Waals surface area contributed by atoms with E-state index in [1.165, 1.54) is 25.7 Å². The van der Waals surface area contributed by atoms with Crippen LogP contribution >= 0.6 is 24.0 Å². The second kappa shape index (κ2) is 11.5. The van der Waals surface area contributed by atoms with Crippen molar-refractivity contribution in [1.29, 1.82) is 0 Å². The molecule has 0 aromatic rings. The molecule has 0 aromatic carbocycles. The number of guanidine groups is 1. The summed E-state index contributed by atoms with van der Waals surface area (Å²) in [7, 11) is 0. The van der Waals surface area contributed by atoms with Gasteiger partial charge in [0.25, 0.3) is 0 Å². The van der Waals surface area contributed by atoms with Crippen LogP contribution < -0.4 is 10.6 Å². The molecule has 0 spiro atoms. The normalized spacial score (nSPS) is 16.7. The monoisotopic (exact) mass is 411 g/mol. The number of hydrogen-bond donors (Lipinski definition) is 3. The number of nitrogens with zero attached hydrogens (tertiary/aromatic N) is 1. The first-order valence-electron chi connectivity index (χ1n) is 8.35. The van der Waals surface area contributed by atoms with Crippen LogP contribution in [0.4, 0.5) is 0 Å². The SMILES string of the molecule is CCNC(=NCC(CC)(CC)CCO)NC1CCCC1.I. The van der Waals surface area contributed by atoms with Crippen LogP contribution in [0.5, 0.6) is 0 Å². The highest BCUT2D eigenvalue weighted by Crippen LogP contribution is 2.30. The predicted octanol–water partition coefficient (Wildman–Crippen LogP) is 3.29. The lowest BCUT2D eigenvalue weighted by Crippen LogP contribution is -2.43. The van der Waals surface area contributed by atoms with Crippen LogP contribution in [0, 0.1) is 5.41 Å². The van der Waals surface area contributed by atoms with Crippen molar-refractivity contribution in [2.45, 2.75) is 71.8 Å². The Morgan fingerprint density at radius 1 is 1.19 bits per heavy atom. The van der Waals surface area contributed by atoms with Gasteiger partial charge in [0.05, 0.1) is 0 Å². The van der Waals surface area contributed by atoms with Crippen molar-refractivity contribution in [2.24, 2.45) is 10.4 Å². The highest BCUT2D eigenvalue weighted by atomic mass is 127. The maximum atomic E-state index is 9.28. The average Bonchev–Trinajstić information content (AvgIpc) is 2.96. The van der Waals surface area contributed by atoms with E-state index in [4.69, 9.17) is 4.99 Å². The van der Waals surface area contributed by atoms with Gasteiger partial charge in [0.2, 0.25) is 0 Å². The molecule has 1 saturated carbocycles. The number of halogens is 1. The summed E-state index contributed by atoms with van der Waals surface area (Å²) >= 11 is 0. The fourth-order valence-electron chi connectivity index (χ4n) is 2.97. The third-order valence-electron chi connectivity index (χ3n) is 4.75. The van der Waals surface area contributed by atoms with E-state index in [0.29, 0.717) is 6.04 Å². The number of aliphatic hydroxyl groups excluding tert-OH is 1. The molecule has 0 aliphatic heterocycles. The number of nitrogens with one attached hydrogen (secondary N) is 2. The molecule has 0 unspecified atom stereocenters. The molecule has 1 rings (SSSR count). The van der Waals surface area contributed by atoms with Gasteiger partial charge in [-0.1, -0.05) is 26.7 Å². The average molecular weight is 411 g/mol. The number of hydrogen-bond acceptors (Lipinski definition) is 2. The Morgan fingerprint density at radius 3 is 2.29 bits per heavy atom. The van der Waals surface area contributed by atoms with E-state index in [9.17, 15) is 5.11 Å². The highest BCUT2D eigenvalue weighted by Gasteiger charge is 2.25. The van der Waals surface area contributed by atoms with Crippen molar-refractivity contribution < 1.29 is 5.11 Å². The first-order chi connectivity index (χ1) is 9.69. The van der Waals surface area contributed by atoms with Gasteiger partial charge < -0.3 is 15.7 Å². The molecule has 0 aromatic heterocycles. The molecule has 126 valence electrons. The summed E-state index contributed by atoms with van der Waals surface area (Å²) in [6.45, 7) is 8.45. The lowest BCUT2D eigenvalue weighted by atomic mass is 9.79. The quantitative estimate of drug-likeness (QED) is 0.326. The van der Waals surface area contributed by atoms with Gasteiger partial charge in [0, 0.05) is 25.7 Å². The van der Waals surface area contributed by atoms with Gasteiger partial charge in [-0.15, -0.1) is 24.0 Å². The molecule has 0 radical (unpaired) electrons. The Bertz CT molecular complexity index is 287. The molecule has 0 saturated heterocycles. The maximum Gasteiger partial charge on any atom is 0.191 e. The molecule has 1 aliphatic carbocycles. The molecular formula is C16H34IN3O. The molecule has 5 heteroatoms. The summed E-state index contributed by atoms with van der Waals surface area (Å²) in [4.78, 5) is 4.79. The zero-order valence-electron chi connectivity index (χ0n) is 14.0. The first-order valence-corrected chi connectivity index (χ1v) is 8.35. The molecule has 0 bridgehead atoms. The van der Waals surface area contributed by atoms with E-state index in [1.807, 2.05) is 0 Å². The molecule has 0 amide bonds. The Hall–Kier alpha value is -0.0400. The second-order valence-corrected chi connectivity index (χ2v) is 6.00. The smallest absolute Gasteiger partial charge is 0.191 e. The molecule has 1 fully saturated rings. The molecule has 1 aliphatic rings. The standard InChI is InChI=1S/C16H33N3O.HI/c1-4-16(5-2,11-12-20)13-18-15(17-6-3)19-14-9-7-8-10-14;/h14,20H,4-13H2,1-3H3,(H2,17,18,19);1H. The number of aliphatic hydroxyl groups is 1. The van der Waals surface area contributed by atoms with Gasteiger partial charge in [-0.25, -0.2) is 0 Å². The highest BCUT2D eigenvalue weighted by molar-refractivity contribution is 14.0. The topological polar surface area (TPSA) is 56.7 Å². The van der Waals surface area contributed by atoms with Crippen LogP contribution in [-0.4, -0.2) is 36.8 Å². The van der Waals surface area contributed by atoms with Crippen LogP contribution in [0.1, 0.15) is 65.7 Å². The largest absolute Gasteiger partial charge is 0.396 e. The fourth-order valence-corrected chi connectivity index (χ4v) is 2.97. The minimum Gasteiger partial charge on any atom is -0.396 e. The van der Waals surface area contributed by atoms with Gasteiger partial charge in [0.1, 0.15) is 0 Å². The summed E-state index contributed by atoms with van der Waals surface area (Å²) in [5.74, 6) is 0.948. The number of aliphatic imine (C=N–C) groups is 1. The fraction of sp³-hybridized carbons (Fsp3) is 0.938. The van der Waals surface area contributed by atoms with Crippen LogP contribution in [0.2, 0.25) is 0 Å². The minimum atomic E-state index is 0. The lowest BCUT2D eigenvalue weighted by molar-refractivity contribution is 0.175. The van der Waals surface area contributed by atoms with Crippen LogP contribution in [0.25, 0.3) is 0 Å². The molecule has 0 heterocycles. The zero-order valence-corrected chi connectivity index (χ0v) is 16.3. The van der Waals surface area contributed by atoms with Gasteiger partial charge in [0.15, 0.2) is 5.96 Å². The molecule has 0 atom stereocenters. The third kappa shape index (κ3) is 7.17. The van der Waals surface area contributed by atoms with Gasteiger partial charge >= 0.3 is 0 Å². The maximum absolute atomic E-state index is 9.28. The van der Waals surface area contributed by atoms with E-state index in [1.54, 1.807) is 0 Å². The van der Waals surface area contributed by atoms with Crippen molar-refractivity contribution in [3.8, 4) is 0 Å². The Labute approximate surface area is 147 Å². The summed E-state index contributed by atoms with van der Waals surface area (Å²) in [5.41, 5.74) is 0.146. The molecule has 21 heavy (non-hydrogen) atoms. The zero-order chi connectivity index (χ0) is 14.8. The van der Waals surface area contributed by atoms with Gasteiger partial charge in [-0.3, -0.25) is 4.99 Å². The number of rotatable bonds is 8. The van der Waals surface area contributed by atoms with E-state index >= 15 is 0 Å². The Morgan fingerprint density at radius 2 is 1.81 bits per heavy atom. The van der Waals surface area contributed by atoms with Crippen LogP contribution in [0.3, 0.4) is 0 Å². The predicted molar refractivity (Wildman–Crippen MR) is 102 cm³/mol. The lowest BCUT2D eigenvalue weighted by Gasteiger charge is -2.29. The van der Waals surface area contributed by atoms with Crippen LogP contribution in [-0.2, 0) is 0 Å². The van der Waals surface area contributed by atoms with E-state index in [0.717, 1.165) is 38.3 Å². The van der Waals surface area contributed by atoms with Gasteiger partial charge in [-0.2, -0.15) is 0 Å². The van der Waals surface area contributed by atoms with Crippen molar-refractivity contribution in [3.05, 3.63) is 0 Å². The second-order valence-electron chi connectivity index (χ2n) is 6.00. The molecular weight excluding hydrogens is 377 g/mol.